The number of anilines is 1. The van der Waals surface area contributed by atoms with Crippen LogP contribution in [0.25, 0.3) is 11.3 Å². The maximum atomic E-state index is 12.2. The molecule has 4 rings (SSSR count). The van der Waals surface area contributed by atoms with Crippen LogP contribution in [-0.2, 0) is 6.54 Å². The normalized spacial score (nSPS) is 18.6. The highest BCUT2D eigenvalue weighted by Crippen LogP contribution is 2.23. The zero-order valence-electron chi connectivity index (χ0n) is 16.1. The molecule has 27 heavy (non-hydrogen) atoms. The molecule has 144 valence electrons. The maximum Gasteiger partial charge on any atom is 0.266 e. The molecule has 0 radical (unpaired) electrons. The van der Waals surface area contributed by atoms with Crippen molar-refractivity contribution in [3.8, 4) is 11.3 Å². The molecule has 2 fully saturated rings. The quantitative estimate of drug-likeness (QED) is 0.813. The highest BCUT2D eigenvalue weighted by molar-refractivity contribution is 5.62. The average molecular weight is 367 g/mol. The summed E-state index contributed by atoms with van der Waals surface area (Å²) < 4.78 is 1.63. The number of nitrogens with zero attached hydrogens (tertiary/aromatic N) is 4. The Bertz CT molecular complexity index is 787. The first-order valence-corrected chi connectivity index (χ1v) is 10.5. The van der Waals surface area contributed by atoms with Crippen molar-refractivity contribution < 1.29 is 0 Å². The van der Waals surface area contributed by atoms with Crippen LogP contribution in [0.4, 0.5) is 5.69 Å². The number of hydrogen-bond donors (Lipinski definition) is 0. The summed E-state index contributed by atoms with van der Waals surface area (Å²) in [4.78, 5) is 17.1. The van der Waals surface area contributed by atoms with E-state index >= 15 is 0 Å². The number of rotatable bonds is 5. The van der Waals surface area contributed by atoms with Crippen LogP contribution in [0.1, 0.15) is 38.5 Å². The number of hydrogen-bond acceptors (Lipinski definition) is 4. The van der Waals surface area contributed by atoms with E-state index in [0.717, 1.165) is 44.0 Å². The molecule has 2 aliphatic heterocycles. The molecule has 0 saturated carbocycles. The number of piperidine rings is 2. The van der Waals surface area contributed by atoms with Crippen molar-refractivity contribution in [2.24, 2.45) is 0 Å². The molecule has 2 aliphatic rings. The lowest BCUT2D eigenvalue weighted by atomic mass is 10.1. The first-order chi connectivity index (χ1) is 13.3. The van der Waals surface area contributed by atoms with Crippen LogP contribution in [0, 0.1) is 0 Å². The van der Waals surface area contributed by atoms with Gasteiger partial charge in [-0.15, -0.1) is 0 Å². The predicted octanol–water partition coefficient (Wildman–Crippen LogP) is 3.39. The molecule has 0 N–H and O–H groups in total. The van der Waals surface area contributed by atoms with Crippen LogP contribution in [0.2, 0.25) is 0 Å². The van der Waals surface area contributed by atoms with Crippen molar-refractivity contribution in [3.63, 3.8) is 0 Å². The second kappa shape index (κ2) is 8.70. The van der Waals surface area contributed by atoms with E-state index in [9.17, 15) is 4.79 Å². The van der Waals surface area contributed by atoms with Gasteiger partial charge in [-0.25, -0.2) is 4.68 Å². The molecule has 0 bridgehead atoms. The third-order valence-corrected chi connectivity index (χ3v) is 5.83. The molecule has 0 unspecified atom stereocenters. The largest absolute Gasteiger partial charge is 0.372 e. The van der Waals surface area contributed by atoms with Crippen molar-refractivity contribution in [1.82, 2.24) is 14.7 Å². The monoisotopic (exact) mass is 366 g/mol. The van der Waals surface area contributed by atoms with E-state index in [2.05, 4.69) is 39.2 Å². The minimum atomic E-state index is -0.0132. The molecule has 5 heteroatoms. The van der Waals surface area contributed by atoms with Gasteiger partial charge in [0.05, 0.1) is 12.2 Å². The smallest absolute Gasteiger partial charge is 0.266 e. The van der Waals surface area contributed by atoms with E-state index in [0.29, 0.717) is 6.54 Å². The van der Waals surface area contributed by atoms with Gasteiger partial charge in [0, 0.05) is 37.0 Å². The van der Waals surface area contributed by atoms with Crippen LogP contribution >= 0.6 is 0 Å². The Labute approximate surface area is 161 Å². The Morgan fingerprint density at radius 3 is 2.11 bits per heavy atom. The first kappa shape index (κ1) is 18.2. The van der Waals surface area contributed by atoms with Gasteiger partial charge in [-0.3, -0.25) is 4.79 Å². The Morgan fingerprint density at radius 1 is 0.741 bits per heavy atom. The molecular weight excluding hydrogens is 336 g/mol. The molecule has 0 spiro atoms. The number of likely N-dealkylation sites (tertiary alicyclic amines) is 1. The molecule has 0 aliphatic carbocycles. The van der Waals surface area contributed by atoms with E-state index < -0.39 is 0 Å². The summed E-state index contributed by atoms with van der Waals surface area (Å²) in [7, 11) is 0. The van der Waals surface area contributed by atoms with Gasteiger partial charge in [-0.1, -0.05) is 18.6 Å². The van der Waals surface area contributed by atoms with Gasteiger partial charge in [0.2, 0.25) is 0 Å². The van der Waals surface area contributed by atoms with Crippen molar-refractivity contribution in [3.05, 3.63) is 46.8 Å². The van der Waals surface area contributed by atoms with Crippen LogP contribution in [-0.4, -0.2) is 47.4 Å². The Kier molecular flexibility index (Phi) is 5.87. The maximum absolute atomic E-state index is 12.2. The first-order valence-electron chi connectivity index (χ1n) is 10.5. The third-order valence-electron chi connectivity index (χ3n) is 5.83. The molecule has 0 atom stereocenters. The Hall–Kier alpha value is -2.14. The number of aromatic nitrogens is 2. The third kappa shape index (κ3) is 4.59. The van der Waals surface area contributed by atoms with E-state index in [1.165, 1.54) is 44.2 Å². The highest BCUT2D eigenvalue weighted by atomic mass is 16.1. The fourth-order valence-electron chi connectivity index (χ4n) is 4.18. The highest BCUT2D eigenvalue weighted by Gasteiger charge is 2.12. The van der Waals surface area contributed by atoms with E-state index in [1.807, 2.05) is 6.07 Å². The van der Waals surface area contributed by atoms with Gasteiger partial charge < -0.3 is 9.80 Å². The topological polar surface area (TPSA) is 41.4 Å². The van der Waals surface area contributed by atoms with Gasteiger partial charge in [0.25, 0.3) is 5.56 Å². The lowest BCUT2D eigenvalue weighted by Gasteiger charge is -2.28. The summed E-state index contributed by atoms with van der Waals surface area (Å²) in [6.45, 7) is 6.17. The van der Waals surface area contributed by atoms with E-state index in [1.54, 1.807) is 10.7 Å². The molecule has 2 aromatic rings. The second-order valence-electron chi connectivity index (χ2n) is 7.78. The predicted molar refractivity (Wildman–Crippen MR) is 110 cm³/mol. The Morgan fingerprint density at radius 2 is 1.41 bits per heavy atom. The molecule has 0 amide bonds. The van der Waals surface area contributed by atoms with Crippen molar-refractivity contribution >= 4 is 5.69 Å². The fraction of sp³-hybridized carbons (Fsp3) is 0.545. The summed E-state index contributed by atoms with van der Waals surface area (Å²) in [5, 5.41) is 4.63. The zero-order valence-corrected chi connectivity index (χ0v) is 16.1. The molecule has 5 nitrogen and oxygen atoms in total. The Balaban J connectivity index is 1.45. The standard InChI is InChI=1S/C22H30N4O/c27-22-12-11-21(23-26(22)18-17-24-13-3-1-4-14-24)19-7-9-20(10-8-19)25-15-5-2-6-16-25/h7-12H,1-6,13-18H2. The van der Waals surface area contributed by atoms with Gasteiger partial charge in [0.1, 0.15) is 0 Å². The zero-order chi connectivity index (χ0) is 18.5. The van der Waals surface area contributed by atoms with Gasteiger partial charge in [0.15, 0.2) is 0 Å². The number of benzene rings is 1. The van der Waals surface area contributed by atoms with E-state index in [-0.39, 0.29) is 5.56 Å². The van der Waals surface area contributed by atoms with Crippen LogP contribution in [0.15, 0.2) is 41.2 Å². The SMILES string of the molecule is O=c1ccc(-c2ccc(N3CCCCC3)cc2)nn1CCN1CCCCC1. The van der Waals surface area contributed by atoms with Crippen LogP contribution in [0.3, 0.4) is 0 Å². The summed E-state index contributed by atoms with van der Waals surface area (Å²) >= 11 is 0. The van der Waals surface area contributed by atoms with Gasteiger partial charge >= 0.3 is 0 Å². The molecular formula is C22H30N4O. The molecule has 1 aromatic heterocycles. The van der Waals surface area contributed by atoms with Crippen LogP contribution < -0.4 is 10.5 Å². The van der Waals surface area contributed by atoms with Gasteiger partial charge in [-0.05, 0) is 63.4 Å². The second-order valence-corrected chi connectivity index (χ2v) is 7.78. The lowest BCUT2D eigenvalue weighted by molar-refractivity contribution is 0.216. The van der Waals surface area contributed by atoms with Crippen molar-refractivity contribution in [1.29, 1.82) is 0 Å². The van der Waals surface area contributed by atoms with Crippen molar-refractivity contribution in [2.45, 2.75) is 45.1 Å². The fourth-order valence-corrected chi connectivity index (χ4v) is 4.18. The summed E-state index contributed by atoms with van der Waals surface area (Å²) in [5.74, 6) is 0. The lowest BCUT2D eigenvalue weighted by Crippen LogP contribution is -2.35. The van der Waals surface area contributed by atoms with E-state index in [4.69, 9.17) is 0 Å². The van der Waals surface area contributed by atoms with Crippen LogP contribution in [0.5, 0.6) is 0 Å². The van der Waals surface area contributed by atoms with Crippen molar-refractivity contribution in [2.75, 3.05) is 37.6 Å². The molecule has 3 heterocycles. The minimum absolute atomic E-state index is 0.0132. The minimum Gasteiger partial charge on any atom is -0.372 e. The summed E-state index contributed by atoms with van der Waals surface area (Å²) in [5.41, 5.74) is 3.22. The summed E-state index contributed by atoms with van der Waals surface area (Å²) in [6.07, 6.45) is 7.78. The molecule has 2 saturated heterocycles. The van der Waals surface area contributed by atoms with Gasteiger partial charge in [-0.2, -0.15) is 5.10 Å². The average Bonchev–Trinajstić information content (AvgIpc) is 2.75. The molecule has 1 aromatic carbocycles. The summed E-state index contributed by atoms with van der Waals surface area (Å²) in [6, 6.07) is 12.1.